The van der Waals surface area contributed by atoms with Crippen LogP contribution in [-0.2, 0) is 9.53 Å². The smallest absolute Gasteiger partial charge is 0.450 e. The Kier molecular flexibility index (Phi) is 6.82. The molecule has 144 valence electrons. The lowest BCUT2D eigenvalue weighted by molar-refractivity contribution is -0.129. The SMILES string of the molecule is CC(C)CC1C(=O)N(C(N)=O)C(C)(C(C)C)N1CCC(C)OC(=O)O. The van der Waals surface area contributed by atoms with E-state index in [2.05, 4.69) is 0 Å². The van der Waals surface area contributed by atoms with Crippen molar-refractivity contribution < 1.29 is 24.2 Å². The van der Waals surface area contributed by atoms with E-state index < -0.39 is 30.0 Å². The second kappa shape index (κ2) is 8.03. The number of primary amides is 1. The Morgan fingerprint density at radius 2 is 1.84 bits per heavy atom. The maximum Gasteiger partial charge on any atom is 0.506 e. The van der Waals surface area contributed by atoms with E-state index in [0.717, 1.165) is 4.90 Å². The lowest BCUT2D eigenvalue weighted by atomic mass is 9.94. The minimum atomic E-state index is -1.32. The number of urea groups is 1. The highest BCUT2D eigenvalue weighted by molar-refractivity contribution is 5.99. The van der Waals surface area contributed by atoms with Crippen LogP contribution in [0.1, 0.15) is 54.4 Å². The molecule has 8 nitrogen and oxygen atoms in total. The molecule has 3 unspecified atom stereocenters. The lowest BCUT2D eigenvalue weighted by Crippen LogP contribution is -2.59. The molecule has 0 spiro atoms. The van der Waals surface area contributed by atoms with Crippen molar-refractivity contribution in [2.75, 3.05) is 6.54 Å². The van der Waals surface area contributed by atoms with Crippen molar-refractivity contribution in [3.8, 4) is 0 Å². The van der Waals surface area contributed by atoms with Gasteiger partial charge in [0.2, 0.25) is 5.91 Å². The van der Waals surface area contributed by atoms with Gasteiger partial charge in [0, 0.05) is 6.54 Å². The van der Waals surface area contributed by atoms with E-state index >= 15 is 0 Å². The zero-order valence-electron chi connectivity index (χ0n) is 16.0. The highest BCUT2D eigenvalue weighted by Crippen LogP contribution is 2.39. The number of ether oxygens (including phenoxy) is 1. The topological polar surface area (TPSA) is 113 Å². The van der Waals surface area contributed by atoms with Crippen molar-refractivity contribution in [1.29, 1.82) is 0 Å². The molecule has 1 saturated heterocycles. The summed E-state index contributed by atoms with van der Waals surface area (Å²) >= 11 is 0. The van der Waals surface area contributed by atoms with Gasteiger partial charge in [0.15, 0.2) is 0 Å². The fourth-order valence-corrected chi connectivity index (χ4v) is 3.48. The number of imide groups is 1. The molecule has 3 amide bonds. The summed E-state index contributed by atoms with van der Waals surface area (Å²) in [5.41, 5.74) is 4.66. The van der Waals surface area contributed by atoms with Gasteiger partial charge in [0.05, 0.1) is 6.04 Å². The number of hydrogen-bond acceptors (Lipinski definition) is 5. The van der Waals surface area contributed by atoms with Crippen molar-refractivity contribution in [2.45, 2.75) is 72.2 Å². The number of carbonyl (C=O) groups is 3. The number of hydrogen-bond donors (Lipinski definition) is 2. The molecule has 3 N–H and O–H groups in total. The van der Waals surface area contributed by atoms with Crippen LogP contribution in [0, 0.1) is 11.8 Å². The third-order valence-corrected chi connectivity index (χ3v) is 5.00. The maximum absolute atomic E-state index is 12.9. The zero-order valence-corrected chi connectivity index (χ0v) is 16.0. The summed E-state index contributed by atoms with van der Waals surface area (Å²) in [7, 11) is 0. The van der Waals surface area contributed by atoms with Gasteiger partial charge in [-0.05, 0) is 38.5 Å². The van der Waals surface area contributed by atoms with Crippen molar-refractivity contribution >= 4 is 18.1 Å². The van der Waals surface area contributed by atoms with Crippen LogP contribution in [0.25, 0.3) is 0 Å². The first-order valence-corrected chi connectivity index (χ1v) is 8.72. The molecule has 1 fully saturated rings. The average Bonchev–Trinajstić information content (AvgIpc) is 2.64. The summed E-state index contributed by atoms with van der Waals surface area (Å²) in [5, 5.41) is 8.74. The van der Waals surface area contributed by atoms with Gasteiger partial charge in [-0.2, -0.15) is 0 Å². The van der Waals surface area contributed by atoms with Crippen LogP contribution in [0.5, 0.6) is 0 Å². The van der Waals surface area contributed by atoms with Gasteiger partial charge < -0.3 is 15.6 Å². The molecule has 1 rings (SSSR count). The molecule has 0 bridgehead atoms. The summed E-state index contributed by atoms with van der Waals surface area (Å²) in [6.07, 6.45) is -0.817. The Labute approximate surface area is 149 Å². The van der Waals surface area contributed by atoms with Crippen LogP contribution in [-0.4, -0.2) is 57.4 Å². The first-order chi connectivity index (χ1) is 11.4. The number of amides is 3. The molecule has 0 aromatic carbocycles. The Balaban J connectivity index is 3.16. The summed E-state index contributed by atoms with van der Waals surface area (Å²) in [5.74, 6) is -0.0746. The van der Waals surface area contributed by atoms with Gasteiger partial charge in [-0.25, -0.2) is 14.5 Å². The van der Waals surface area contributed by atoms with Crippen LogP contribution in [0.15, 0.2) is 0 Å². The Hall–Kier alpha value is -1.83. The molecule has 0 radical (unpaired) electrons. The summed E-state index contributed by atoms with van der Waals surface area (Å²) in [6, 6.07) is -1.22. The van der Waals surface area contributed by atoms with E-state index in [0.29, 0.717) is 19.4 Å². The normalized spacial score (nSPS) is 25.7. The number of nitrogens with zero attached hydrogens (tertiary/aromatic N) is 2. The monoisotopic (exact) mass is 357 g/mol. The lowest BCUT2D eigenvalue weighted by Gasteiger charge is -2.43. The number of carbonyl (C=O) groups excluding carboxylic acids is 2. The van der Waals surface area contributed by atoms with Crippen LogP contribution in [0.2, 0.25) is 0 Å². The number of nitrogens with two attached hydrogens (primary N) is 1. The first kappa shape index (κ1) is 21.2. The average molecular weight is 357 g/mol. The van der Waals surface area contributed by atoms with E-state index in [1.54, 1.807) is 6.92 Å². The molecule has 0 saturated carbocycles. The third-order valence-electron chi connectivity index (χ3n) is 5.00. The molecule has 0 aromatic rings. The standard InChI is InChI=1S/C17H31N3O5/c1-10(2)9-13-14(21)20(15(18)22)17(6,11(3)4)19(13)8-7-12(5)25-16(23)24/h10-13H,7-9H2,1-6H3,(H2,18,22)(H,23,24). The van der Waals surface area contributed by atoms with Crippen LogP contribution in [0.4, 0.5) is 9.59 Å². The zero-order chi connectivity index (χ0) is 19.5. The second-order valence-corrected chi connectivity index (χ2v) is 7.58. The van der Waals surface area contributed by atoms with E-state index in [4.69, 9.17) is 15.6 Å². The summed E-state index contributed by atoms with van der Waals surface area (Å²) < 4.78 is 4.76. The van der Waals surface area contributed by atoms with Gasteiger partial charge >= 0.3 is 12.2 Å². The number of rotatable bonds is 7. The summed E-state index contributed by atoms with van der Waals surface area (Å²) in [6.45, 7) is 11.8. The van der Waals surface area contributed by atoms with Gasteiger partial charge in [0.1, 0.15) is 11.8 Å². The van der Waals surface area contributed by atoms with Crippen molar-refractivity contribution in [3.05, 3.63) is 0 Å². The molecule has 3 atom stereocenters. The van der Waals surface area contributed by atoms with E-state index in [9.17, 15) is 14.4 Å². The fraction of sp³-hybridized carbons (Fsp3) is 0.824. The quantitative estimate of drug-likeness (QED) is 0.677. The van der Waals surface area contributed by atoms with E-state index in [1.165, 1.54) is 0 Å². The minimum absolute atomic E-state index is 0.0446. The molecular weight excluding hydrogens is 326 g/mol. The highest BCUT2D eigenvalue weighted by Gasteiger charge is 2.57. The molecule has 25 heavy (non-hydrogen) atoms. The van der Waals surface area contributed by atoms with Crippen molar-refractivity contribution in [1.82, 2.24) is 9.80 Å². The summed E-state index contributed by atoms with van der Waals surface area (Å²) in [4.78, 5) is 38.7. The largest absolute Gasteiger partial charge is 0.506 e. The van der Waals surface area contributed by atoms with Crippen molar-refractivity contribution in [2.24, 2.45) is 17.6 Å². The van der Waals surface area contributed by atoms with Crippen LogP contribution >= 0.6 is 0 Å². The molecule has 0 aliphatic carbocycles. The molecule has 1 heterocycles. The predicted molar refractivity (Wildman–Crippen MR) is 92.8 cm³/mol. The molecule has 1 aliphatic heterocycles. The maximum atomic E-state index is 12.9. The Bertz CT molecular complexity index is 522. The van der Waals surface area contributed by atoms with E-state index in [1.807, 2.05) is 39.5 Å². The highest BCUT2D eigenvalue weighted by atomic mass is 16.7. The van der Waals surface area contributed by atoms with Gasteiger partial charge in [-0.3, -0.25) is 9.69 Å². The van der Waals surface area contributed by atoms with Crippen LogP contribution in [0.3, 0.4) is 0 Å². The van der Waals surface area contributed by atoms with Gasteiger partial charge in [-0.1, -0.05) is 27.7 Å². The Morgan fingerprint density at radius 1 is 1.28 bits per heavy atom. The van der Waals surface area contributed by atoms with Crippen LogP contribution < -0.4 is 5.73 Å². The van der Waals surface area contributed by atoms with E-state index in [-0.39, 0.29) is 17.7 Å². The number of carboxylic acid groups (broad SMARTS) is 1. The Morgan fingerprint density at radius 3 is 2.24 bits per heavy atom. The predicted octanol–water partition coefficient (Wildman–Crippen LogP) is 2.47. The molecule has 1 aliphatic rings. The van der Waals surface area contributed by atoms with Gasteiger partial charge in [0.25, 0.3) is 0 Å². The minimum Gasteiger partial charge on any atom is -0.450 e. The second-order valence-electron chi connectivity index (χ2n) is 7.58. The van der Waals surface area contributed by atoms with Gasteiger partial charge in [-0.15, -0.1) is 0 Å². The first-order valence-electron chi connectivity index (χ1n) is 8.72. The van der Waals surface area contributed by atoms with Crippen molar-refractivity contribution in [3.63, 3.8) is 0 Å². The molecule has 8 heteroatoms. The molecular formula is C17H31N3O5. The third kappa shape index (κ3) is 4.42. The fourth-order valence-electron chi connectivity index (χ4n) is 3.48. The molecule has 0 aromatic heterocycles.